The van der Waals surface area contributed by atoms with Crippen molar-refractivity contribution in [1.29, 1.82) is 0 Å². The summed E-state index contributed by atoms with van der Waals surface area (Å²) in [7, 11) is -0.780. The fraction of sp³-hybridized carbons (Fsp3) is 0.125. The second-order valence-electron chi connectivity index (χ2n) is 7.21. The number of benzene rings is 3. The van der Waals surface area contributed by atoms with E-state index in [0.29, 0.717) is 33.1 Å². The quantitative estimate of drug-likeness (QED) is 0.408. The van der Waals surface area contributed by atoms with Gasteiger partial charge in [0.25, 0.3) is 0 Å². The van der Waals surface area contributed by atoms with E-state index in [4.69, 9.17) is 21.1 Å². The largest absolute Gasteiger partial charge is 0.497 e. The Labute approximate surface area is 196 Å². The Bertz CT molecular complexity index is 1430. The van der Waals surface area contributed by atoms with Crippen molar-refractivity contribution in [2.45, 2.75) is 16.3 Å². The van der Waals surface area contributed by atoms with E-state index in [1.807, 2.05) is 0 Å². The summed E-state index contributed by atoms with van der Waals surface area (Å²) in [6.45, 7) is -0.0914. The smallest absolute Gasteiger partial charge is 0.244 e. The molecule has 170 valence electrons. The number of amides is 1. The van der Waals surface area contributed by atoms with Crippen LogP contribution in [0.15, 0.2) is 82.7 Å². The molecule has 1 aromatic heterocycles. The van der Waals surface area contributed by atoms with Crippen molar-refractivity contribution in [2.24, 2.45) is 0 Å². The second-order valence-corrected chi connectivity index (χ2v) is 9.56. The van der Waals surface area contributed by atoms with Gasteiger partial charge in [0.1, 0.15) is 18.0 Å². The van der Waals surface area contributed by atoms with Gasteiger partial charge in [-0.25, -0.2) is 8.42 Å². The number of halogens is 1. The lowest BCUT2D eigenvalue weighted by Crippen LogP contribution is -2.18. The first-order chi connectivity index (χ1) is 15.8. The molecule has 0 unspecified atom stereocenters. The average Bonchev–Trinajstić information content (AvgIpc) is 3.18. The van der Waals surface area contributed by atoms with Crippen LogP contribution in [0.4, 0.5) is 5.69 Å². The number of para-hydroxylation sites is 1. The van der Waals surface area contributed by atoms with Crippen molar-refractivity contribution >= 4 is 43.9 Å². The molecule has 1 amide bonds. The Morgan fingerprint density at radius 3 is 2.42 bits per heavy atom. The summed E-state index contributed by atoms with van der Waals surface area (Å²) in [5.74, 6) is 0.707. The summed E-state index contributed by atoms with van der Waals surface area (Å²) < 4.78 is 38.7. The van der Waals surface area contributed by atoms with Gasteiger partial charge in [0.05, 0.1) is 29.7 Å². The van der Waals surface area contributed by atoms with Gasteiger partial charge in [-0.15, -0.1) is 0 Å². The summed E-state index contributed by atoms with van der Waals surface area (Å²) in [5, 5.41) is 3.78. The second kappa shape index (κ2) is 9.17. The molecule has 0 bridgehead atoms. The molecule has 9 heteroatoms. The van der Waals surface area contributed by atoms with E-state index in [9.17, 15) is 13.2 Å². The molecule has 0 saturated heterocycles. The van der Waals surface area contributed by atoms with Gasteiger partial charge < -0.3 is 19.4 Å². The summed E-state index contributed by atoms with van der Waals surface area (Å²) in [5.41, 5.74) is 1.11. The fourth-order valence-electron chi connectivity index (χ4n) is 3.54. The highest BCUT2D eigenvalue weighted by Crippen LogP contribution is 2.32. The van der Waals surface area contributed by atoms with Gasteiger partial charge in [0.2, 0.25) is 15.7 Å². The van der Waals surface area contributed by atoms with Gasteiger partial charge in [0, 0.05) is 28.2 Å². The fourth-order valence-corrected chi connectivity index (χ4v) is 5.15. The zero-order valence-electron chi connectivity index (χ0n) is 17.9. The Morgan fingerprint density at radius 1 is 1.00 bits per heavy atom. The van der Waals surface area contributed by atoms with Crippen LogP contribution in [0.5, 0.6) is 11.5 Å². The molecule has 0 atom stereocenters. The number of rotatable bonds is 7. The van der Waals surface area contributed by atoms with Gasteiger partial charge in [0.15, 0.2) is 0 Å². The molecule has 0 saturated carbocycles. The van der Waals surface area contributed by atoms with Gasteiger partial charge in [-0.1, -0.05) is 29.8 Å². The third-order valence-corrected chi connectivity index (χ3v) is 7.21. The number of anilines is 1. The van der Waals surface area contributed by atoms with Gasteiger partial charge in [-0.3, -0.25) is 4.79 Å². The first-order valence-electron chi connectivity index (χ1n) is 9.94. The number of fused-ring (bicyclic) bond motifs is 1. The molecule has 33 heavy (non-hydrogen) atoms. The summed E-state index contributed by atoms with van der Waals surface area (Å²) in [4.78, 5) is 13.1. The summed E-state index contributed by atoms with van der Waals surface area (Å²) >= 11 is 5.91. The normalized spacial score (nSPS) is 11.4. The predicted octanol–water partition coefficient (Wildman–Crippen LogP) is 4.78. The number of carbonyl (C=O) groups excluding carboxylic acids is 1. The molecule has 1 heterocycles. The number of nitrogens with one attached hydrogen (secondary N) is 1. The van der Waals surface area contributed by atoms with Gasteiger partial charge in [-0.2, -0.15) is 0 Å². The maximum Gasteiger partial charge on any atom is 0.244 e. The van der Waals surface area contributed by atoms with E-state index >= 15 is 0 Å². The lowest BCUT2D eigenvalue weighted by Gasteiger charge is -2.12. The summed E-state index contributed by atoms with van der Waals surface area (Å²) in [6, 6.07) is 18.1. The monoisotopic (exact) mass is 484 g/mol. The minimum atomic E-state index is -3.82. The molecule has 4 rings (SSSR count). The molecule has 0 aliphatic rings. The number of sulfone groups is 1. The molecule has 0 radical (unpaired) electrons. The number of ether oxygens (including phenoxy) is 2. The molecule has 1 N–H and O–H groups in total. The minimum Gasteiger partial charge on any atom is -0.497 e. The van der Waals surface area contributed by atoms with E-state index in [1.54, 1.807) is 54.1 Å². The molecular weight excluding hydrogens is 464 g/mol. The SMILES string of the molecule is COc1ccc(NC(=O)Cn2cc(S(=O)(=O)c3ccc(Cl)cc3)c3ccccc32)c(OC)c1. The predicted molar refractivity (Wildman–Crippen MR) is 127 cm³/mol. The van der Waals surface area contributed by atoms with Crippen LogP contribution in [0, 0.1) is 0 Å². The number of carbonyl (C=O) groups is 1. The van der Waals surface area contributed by atoms with Gasteiger partial charge >= 0.3 is 0 Å². The number of hydrogen-bond donors (Lipinski definition) is 1. The summed E-state index contributed by atoms with van der Waals surface area (Å²) in [6.07, 6.45) is 1.49. The van der Waals surface area contributed by atoms with Crippen molar-refractivity contribution in [1.82, 2.24) is 4.57 Å². The van der Waals surface area contributed by atoms with Crippen molar-refractivity contribution in [3.8, 4) is 11.5 Å². The van der Waals surface area contributed by atoms with Crippen molar-refractivity contribution in [2.75, 3.05) is 19.5 Å². The third-order valence-electron chi connectivity index (χ3n) is 5.16. The van der Waals surface area contributed by atoms with Crippen LogP contribution < -0.4 is 14.8 Å². The van der Waals surface area contributed by atoms with Gasteiger partial charge in [-0.05, 0) is 42.5 Å². The third kappa shape index (κ3) is 4.53. The highest BCUT2D eigenvalue weighted by atomic mass is 35.5. The zero-order chi connectivity index (χ0) is 23.6. The van der Waals surface area contributed by atoms with E-state index in [2.05, 4.69) is 5.32 Å². The number of aromatic nitrogens is 1. The van der Waals surface area contributed by atoms with Crippen LogP contribution in [0.25, 0.3) is 10.9 Å². The lowest BCUT2D eigenvalue weighted by atomic mass is 10.2. The molecule has 7 nitrogen and oxygen atoms in total. The van der Waals surface area contributed by atoms with E-state index in [1.165, 1.54) is 37.6 Å². The molecule has 0 fully saturated rings. The average molecular weight is 485 g/mol. The maximum absolute atomic E-state index is 13.3. The first-order valence-corrected chi connectivity index (χ1v) is 11.8. The maximum atomic E-state index is 13.3. The number of hydrogen-bond acceptors (Lipinski definition) is 5. The van der Waals surface area contributed by atoms with Crippen LogP contribution in [-0.2, 0) is 21.2 Å². The van der Waals surface area contributed by atoms with Crippen LogP contribution in [0.1, 0.15) is 0 Å². The lowest BCUT2D eigenvalue weighted by molar-refractivity contribution is -0.116. The number of methoxy groups -OCH3 is 2. The van der Waals surface area contributed by atoms with Crippen molar-refractivity contribution in [3.05, 3.63) is 77.9 Å². The minimum absolute atomic E-state index is 0.0914. The highest BCUT2D eigenvalue weighted by Gasteiger charge is 2.24. The Balaban J connectivity index is 1.67. The van der Waals surface area contributed by atoms with Crippen LogP contribution in [-0.4, -0.2) is 33.1 Å². The Hall–Kier alpha value is -3.49. The number of nitrogens with zero attached hydrogens (tertiary/aromatic N) is 1. The molecule has 3 aromatic carbocycles. The van der Waals surface area contributed by atoms with Crippen LogP contribution in [0.3, 0.4) is 0 Å². The van der Waals surface area contributed by atoms with E-state index in [0.717, 1.165) is 0 Å². The van der Waals surface area contributed by atoms with E-state index in [-0.39, 0.29) is 22.2 Å². The molecular formula is C24H21ClN2O5S. The van der Waals surface area contributed by atoms with Crippen molar-refractivity contribution < 1.29 is 22.7 Å². The molecule has 0 spiro atoms. The Kier molecular flexibility index (Phi) is 6.31. The topological polar surface area (TPSA) is 86.6 Å². The highest BCUT2D eigenvalue weighted by molar-refractivity contribution is 7.91. The van der Waals surface area contributed by atoms with Crippen LogP contribution in [0.2, 0.25) is 5.02 Å². The standard InChI is InChI=1S/C24H21ClN2O5S/c1-31-17-9-12-20(22(13-17)32-2)26-24(28)15-27-14-23(19-5-3-4-6-21(19)27)33(29,30)18-10-7-16(25)8-11-18/h3-14H,15H2,1-2H3,(H,26,28). The molecule has 0 aliphatic heterocycles. The van der Waals surface area contributed by atoms with E-state index < -0.39 is 9.84 Å². The Morgan fingerprint density at radius 2 is 1.73 bits per heavy atom. The zero-order valence-corrected chi connectivity index (χ0v) is 19.5. The van der Waals surface area contributed by atoms with Crippen LogP contribution >= 0.6 is 11.6 Å². The van der Waals surface area contributed by atoms with Crippen molar-refractivity contribution in [3.63, 3.8) is 0 Å². The molecule has 4 aromatic rings. The first kappa shape index (κ1) is 22.7. The molecule has 0 aliphatic carbocycles.